The third kappa shape index (κ3) is 6.99. The summed E-state index contributed by atoms with van der Waals surface area (Å²) in [5, 5.41) is 12.5. The van der Waals surface area contributed by atoms with Crippen molar-refractivity contribution in [1.29, 1.82) is 0 Å². The van der Waals surface area contributed by atoms with E-state index in [9.17, 15) is 4.79 Å². The van der Waals surface area contributed by atoms with E-state index in [1.165, 1.54) is 17.3 Å². The lowest BCUT2D eigenvalue weighted by Crippen LogP contribution is -2.15. The number of anilines is 1. The summed E-state index contributed by atoms with van der Waals surface area (Å²) in [7, 11) is 1.67. The molecule has 3 rings (SSSR count). The van der Waals surface area contributed by atoms with Crippen molar-refractivity contribution in [2.45, 2.75) is 31.7 Å². The number of aromatic nitrogens is 3. The Hall–Kier alpha value is -2.55. The monoisotopic (exact) mass is 460 g/mol. The van der Waals surface area contributed by atoms with Gasteiger partial charge in [-0.25, -0.2) is 0 Å². The fourth-order valence-corrected chi connectivity index (χ4v) is 3.75. The molecule has 0 aliphatic heterocycles. The molecule has 2 aromatic carbocycles. The van der Waals surface area contributed by atoms with Crippen LogP contribution >= 0.6 is 23.4 Å². The van der Waals surface area contributed by atoms with E-state index in [2.05, 4.69) is 15.5 Å². The molecule has 7 nitrogen and oxygen atoms in total. The SMILES string of the molecule is COCCCn1c(COc2ccc(C)cc2)nnc1SCC(=O)Nc1ccccc1Cl. The molecule has 0 spiro atoms. The summed E-state index contributed by atoms with van der Waals surface area (Å²) in [5.74, 6) is 1.49. The first-order valence-electron chi connectivity index (χ1n) is 9.84. The minimum absolute atomic E-state index is 0.165. The number of amides is 1. The van der Waals surface area contributed by atoms with Crippen LogP contribution in [-0.4, -0.2) is 40.1 Å². The Morgan fingerprint density at radius 3 is 2.68 bits per heavy atom. The molecule has 1 aromatic heterocycles. The Bertz CT molecular complexity index is 995. The number of carbonyl (C=O) groups is 1. The molecule has 31 heavy (non-hydrogen) atoms. The van der Waals surface area contributed by atoms with Gasteiger partial charge in [-0.3, -0.25) is 4.79 Å². The Morgan fingerprint density at radius 1 is 1.16 bits per heavy atom. The number of rotatable bonds is 11. The molecule has 164 valence electrons. The number of hydrogen-bond donors (Lipinski definition) is 1. The topological polar surface area (TPSA) is 78.3 Å². The summed E-state index contributed by atoms with van der Waals surface area (Å²) < 4.78 is 13.0. The van der Waals surface area contributed by atoms with Gasteiger partial charge in [0.25, 0.3) is 0 Å². The van der Waals surface area contributed by atoms with Crippen LogP contribution in [0.1, 0.15) is 17.8 Å². The highest BCUT2D eigenvalue weighted by atomic mass is 35.5. The summed E-state index contributed by atoms with van der Waals surface area (Å²) in [6.07, 6.45) is 0.797. The largest absolute Gasteiger partial charge is 0.486 e. The molecule has 0 atom stereocenters. The standard InChI is InChI=1S/C22H25ClN4O3S/c1-16-8-10-17(11-9-16)30-14-20-25-26-22(27(20)12-5-13-29-2)31-15-21(28)24-19-7-4-3-6-18(19)23/h3-4,6-11H,5,12-15H2,1-2H3,(H,24,28). The number of aryl methyl sites for hydroxylation is 1. The van der Waals surface area contributed by atoms with Crippen LogP contribution in [0, 0.1) is 6.92 Å². The van der Waals surface area contributed by atoms with Crippen LogP contribution in [0.2, 0.25) is 5.02 Å². The van der Waals surface area contributed by atoms with Gasteiger partial charge in [0.15, 0.2) is 11.0 Å². The van der Waals surface area contributed by atoms with Crippen LogP contribution in [0.5, 0.6) is 5.75 Å². The summed E-state index contributed by atoms with van der Waals surface area (Å²) in [6, 6.07) is 15.0. The van der Waals surface area contributed by atoms with Crippen LogP contribution in [0.25, 0.3) is 0 Å². The van der Waals surface area contributed by atoms with E-state index in [0.29, 0.717) is 34.8 Å². The summed E-state index contributed by atoms with van der Waals surface area (Å²) in [6.45, 7) is 3.60. The van der Waals surface area contributed by atoms with Crippen molar-refractivity contribution < 1.29 is 14.3 Å². The van der Waals surface area contributed by atoms with Gasteiger partial charge in [0.05, 0.1) is 16.5 Å². The zero-order valence-electron chi connectivity index (χ0n) is 17.5. The highest BCUT2D eigenvalue weighted by Crippen LogP contribution is 2.23. The second-order valence-electron chi connectivity index (χ2n) is 6.82. The van der Waals surface area contributed by atoms with E-state index in [0.717, 1.165) is 12.2 Å². The van der Waals surface area contributed by atoms with Gasteiger partial charge in [0.1, 0.15) is 12.4 Å². The number of halogens is 1. The van der Waals surface area contributed by atoms with Gasteiger partial charge >= 0.3 is 0 Å². The van der Waals surface area contributed by atoms with Crippen LogP contribution < -0.4 is 10.1 Å². The summed E-state index contributed by atoms with van der Waals surface area (Å²) in [4.78, 5) is 12.4. The zero-order chi connectivity index (χ0) is 22.1. The lowest BCUT2D eigenvalue weighted by molar-refractivity contribution is -0.113. The Kier molecular flexibility index (Phi) is 8.75. The molecule has 0 radical (unpaired) electrons. The normalized spacial score (nSPS) is 10.8. The Labute approximate surface area is 191 Å². The molecule has 9 heteroatoms. The number of nitrogens with one attached hydrogen (secondary N) is 1. The summed E-state index contributed by atoms with van der Waals surface area (Å²) in [5.41, 5.74) is 1.76. The van der Waals surface area contributed by atoms with Crippen LogP contribution in [0.3, 0.4) is 0 Å². The molecule has 0 unspecified atom stereocenters. The third-order valence-corrected chi connectivity index (χ3v) is 5.69. The fourth-order valence-electron chi connectivity index (χ4n) is 2.79. The molecule has 0 aliphatic rings. The predicted octanol–water partition coefficient (Wildman–Crippen LogP) is 4.59. The maximum Gasteiger partial charge on any atom is 0.234 e. The van der Waals surface area contributed by atoms with Gasteiger partial charge in [-0.2, -0.15) is 0 Å². The van der Waals surface area contributed by atoms with E-state index in [-0.39, 0.29) is 18.3 Å². The molecular formula is C22H25ClN4O3S. The number of carbonyl (C=O) groups excluding carboxylic acids is 1. The second-order valence-corrected chi connectivity index (χ2v) is 8.16. The van der Waals surface area contributed by atoms with Crippen LogP contribution in [-0.2, 0) is 22.7 Å². The molecule has 1 N–H and O–H groups in total. The molecule has 0 saturated carbocycles. The Balaban J connectivity index is 1.63. The van der Waals surface area contributed by atoms with Gasteiger partial charge in [-0.1, -0.05) is 53.2 Å². The van der Waals surface area contributed by atoms with Gasteiger partial charge in [0, 0.05) is 20.3 Å². The fraction of sp³-hybridized carbons (Fsp3) is 0.318. The van der Waals surface area contributed by atoms with Crippen LogP contribution in [0.4, 0.5) is 5.69 Å². The predicted molar refractivity (Wildman–Crippen MR) is 123 cm³/mol. The first kappa shape index (κ1) is 23.1. The van der Waals surface area contributed by atoms with Gasteiger partial charge in [0.2, 0.25) is 5.91 Å². The molecule has 1 amide bonds. The average molecular weight is 461 g/mol. The number of para-hydroxylation sites is 1. The second kappa shape index (κ2) is 11.7. The maximum absolute atomic E-state index is 12.4. The minimum atomic E-state index is -0.165. The van der Waals surface area contributed by atoms with E-state index < -0.39 is 0 Å². The molecule has 1 heterocycles. The van der Waals surface area contributed by atoms with Crippen molar-refractivity contribution in [3.63, 3.8) is 0 Å². The average Bonchev–Trinajstić information content (AvgIpc) is 3.15. The van der Waals surface area contributed by atoms with Crippen molar-refractivity contribution in [2.24, 2.45) is 0 Å². The molecule has 0 aliphatic carbocycles. The van der Waals surface area contributed by atoms with Gasteiger partial charge in [-0.05, 0) is 37.6 Å². The number of methoxy groups -OCH3 is 1. The number of benzene rings is 2. The van der Waals surface area contributed by atoms with E-state index in [1.807, 2.05) is 47.9 Å². The zero-order valence-corrected chi connectivity index (χ0v) is 19.1. The molecular weight excluding hydrogens is 436 g/mol. The molecule has 3 aromatic rings. The number of ether oxygens (including phenoxy) is 2. The highest BCUT2D eigenvalue weighted by molar-refractivity contribution is 7.99. The lowest BCUT2D eigenvalue weighted by atomic mass is 10.2. The van der Waals surface area contributed by atoms with Crippen LogP contribution in [0.15, 0.2) is 53.7 Å². The maximum atomic E-state index is 12.4. The van der Waals surface area contributed by atoms with Crippen molar-refractivity contribution in [2.75, 3.05) is 24.8 Å². The third-order valence-electron chi connectivity index (χ3n) is 4.39. The molecule has 0 bridgehead atoms. The Morgan fingerprint density at radius 2 is 1.94 bits per heavy atom. The smallest absolute Gasteiger partial charge is 0.234 e. The molecule has 0 saturated heterocycles. The quantitative estimate of drug-likeness (QED) is 0.333. The van der Waals surface area contributed by atoms with Crippen molar-refractivity contribution in [3.05, 3.63) is 64.9 Å². The van der Waals surface area contributed by atoms with E-state index in [1.54, 1.807) is 19.2 Å². The highest BCUT2D eigenvalue weighted by Gasteiger charge is 2.15. The lowest BCUT2D eigenvalue weighted by Gasteiger charge is -2.11. The summed E-state index contributed by atoms with van der Waals surface area (Å²) >= 11 is 7.43. The number of nitrogens with zero attached hydrogens (tertiary/aromatic N) is 3. The van der Waals surface area contributed by atoms with E-state index in [4.69, 9.17) is 21.1 Å². The number of thioether (sulfide) groups is 1. The van der Waals surface area contributed by atoms with Gasteiger partial charge in [-0.15, -0.1) is 10.2 Å². The van der Waals surface area contributed by atoms with Crippen molar-refractivity contribution in [3.8, 4) is 5.75 Å². The first-order chi connectivity index (χ1) is 15.1. The first-order valence-corrected chi connectivity index (χ1v) is 11.2. The van der Waals surface area contributed by atoms with Crippen molar-refractivity contribution in [1.82, 2.24) is 14.8 Å². The minimum Gasteiger partial charge on any atom is -0.486 e. The van der Waals surface area contributed by atoms with Gasteiger partial charge < -0.3 is 19.4 Å². The number of hydrogen-bond acceptors (Lipinski definition) is 6. The molecule has 0 fully saturated rings. The van der Waals surface area contributed by atoms with E-state index >= 15 is 0 Å². The van der Waals surface area contributed by atoms with Crippen molar-refractivity contribution >= 4 is 35.0 Å².